The number of fused-ring (bicyclic) bond motifs is 1. The summed E-state index contributed by atoms with van der Waals surface area (Å²) in [4.78, 5) is 16.6. The highest BCUT2D eigenvalue weighted by atomic mass is 19.4. The highest BCUT2D eigenvalue weighted by Crippen LogP contribution is 2.39. The van der Waals surface area contributed by atoms with Crippen LogP contribution in [-0.4, -0.2) is 17.6 Å². The van der Waals surface area contributed by atoms with Crippen molar-refractivity contribution in [3.8, 4) is 11.1 Å². The van der Waals surface area contributed by atoms with Crippen molar-refractivity contribution in [1.29, 1.82) is 0 Å². The molecule has 8 heteroatoms. The number of anilines is 3. The number of nitrogens with zero attached hydrogens (tertiary/aromatic N) is 1. The fraction of sp³-hybridized carbons (Fsp3) is 0.120. The first-order chi connectivity index (χ1) is 15.8. The van der Waals surface area contributed by atoms with Gasteiger partial charge in [0, 0.05) is 23.8 Å². The predicted octanol–water partition coefficient (Wildman–Crippen LogP) is 7.00. The van der Waals surface area contributed by atoms with Gasteiger partial charge in [-0.3, -0.25) is 0 Å². The molecule has 5 nitrogen and oxygen atoms in total. The van der Waals surface area contributed by atoms with E-state index < -0.39 is 17.8 Å². The van der Waals surface area contributed by atoms with Gasteiger partial charge in [-0.05, 0) is 53.8 Å². The molecule has 2 amide bonds. The van der Waals surface area contributed by atoms with Gasteiger partial charge in [0.15, 0.2) is 0 Å². The third-order valence-corrected chi connectivity index (χ3v) is 5.05. The zero-order valence-electron chi connectivity index (χ0n) is 17.7. The maximum Gasteiger partial charge on any atom is 0.417 e. The van der Waals surface area contributed by atoms with E-state index >= 15 is 0 Å². The Balaban J connectivity index is 1.61. The molecular weight excluding hydrogens is 429 g/mol. The van der Waals surface area contributed by atoms with Crippen LogP contribution < -0.4 is 16.0 Å². The van der Waals surface area contributed by atoms with E-state index in [2.05, 4.69) is 20.9 Å². The van der Waals surface area contributed by atoms with E-state index in [9.17, 15) is 18.0 Å². The molecule has 0 saturated carbocycles. The minimum absolute atomic E-state index is 0.00376. The molecule has 0 bridgehead atoms. The second-order valence-electron chi connectivity index (χ2n) is 7.32. The quantitative estimate of drug-likeness (QED) is 0.307. The number of alkyl halides is 3. The van der Waals surface area contributed by atoms with Gasteiger partial charge in [-0.1, -0.05) is 42.5 Å². The lowest BCUT2D eigenvalue weighted by Crippen LogP contribution is -2.20. The molecule has 0 spiro atoms. The topological polar surface area (TPSA) is 66.0 Å². The molecule has 4 aromatic rings. The SMILES string of the molecule is CCNc1cc(-c2ccc(NC(=O)Nc3cccc4ccccc34)cc2C(F)(F)F)ccn1. The number of halogens is 3. The molecular formula is C25H21F3N4O. The Bertz CT molecular complexity index is 1300. The van der Waals surface area contributed by atoms with Crippen LogP contribution in [0.1, 0.15) is 12.5 Å². The molecule has 0 saturated heterocycles. The van der Waals surface area contributed by atoms with Crippen molar-refractivity contribution in [2.75, 3.05) is 22.5 Å². The first kappa shape index (κ1) is 22.1. The van der Waals surface area contributed by atoms with E-state index in [0.717, 1.165) is 16.8 Å². The Kier molecular flexibility index (Phi) is 6.17. The van der Waals surface area contributed by atoms with Crippen LogP contribution in [0.3, 0.4) is 0 Å². The Morgan fingerprint density at radius 3 is 2.52 bits per heavy atom. The molecule has 168 valence electrons. The largest absolute Gasteiger partial charge is 0.417 e. The van der Waals surface area contributed by atoms with E-state index in [1.807, 2.05) is 37.3 Å². The number of hydrogen-bond acceptors (Lipinski definition) is 3. The molecule has 3 N–H and O–H groups in total. The Labute approximate surface area is 188 Å². The van der Waals surface area contributed by atoms with E-state index in [4.69, 9.17) is 0 Å². The van der Waals surface area contributed by atoms with Gasteiger partial charge in [0.05, 0.1) is 11.3 Å². The standard InChI is InChI=1S/C25H21F3N4O/c1-2-29-23-14-17(12-13-30-23)19-11-10-18(15-21(19)25(26,27)28)31-24(33)32-22-9-5-7-16-6-3-4-8-20(16)22/h3-15H,2H2,1H3,(H,29,30)(H2,31,32,33). The van der Waals surface area contributed by atoms with Gasteiger partial charge in [-0.2, -0.15) is 13.2 Å². The lowest BCUT2D eigenvalue weighted by atomic mass is 9.99. The van der Waals surface area contributed by atoms with Gasteiger partial charge in [-0.25, -0.2) is 9.78 Å². The molecule has 0 fully saturated rings. The number of aromatic nitrogens is 1. The van der Waals surface area contributed by atoms with E-state index in [1.54, 1.807) is 18.2 Å². The van der Waals surface area contributed by atoms with Crippen molar-refractivity contribution in [1.82, 2.24) is 4.98 Å². The highest BCUT2D eigenvalue weighted by Gasteiger charge is 2.34. The van der Waals surface area contributed by atoms with Crippen molar-refractivity contribution < 1.29 is 18.0 Å². The second kappa shape index (κ2) is 9.20. The Hall–Kier alpha value is -4.07. The number of nitrogens with one attached hydrogen (secondary N) is 3. The van der Waals surface area contributed by atoms with Gasteiger partial charge < -0.3 is 16.0 Å². The van der Waals surface area contributed by atoms with Crippen LogP contribution in [0.2, 0.25) is 0 Å². The summed E-state index contributed by atoms with van der Waals surface area (Å²) in [5.74, 6) is 0.486. The summed E-state index contributed by atoms with van der Waals surface area (Å²) in [6.07, 6.45) is -3.15. The Morgan fingerprint density at radius 2 is 1.73 bits per heavy atom. The molecule has 0 aliphatic rings. The number of carbonyl (C=O) groups is 1. The van der Waals surface area contributed by atoms with Crippen LogP contribution in [0.5, 0.6) is 0 Å². The van der Waals surface area contributed by atoms with Gasteiger partial charge >= 0.3 is 12.2 Å². The zero-order valence-corrected chi connectivity index (χ0v) is 17.7. The average Bonchev–Trinajstić information content (AvgIpc) is 2.79. The second-order valence-corrected chi connectivity index (χ2v) is 7.32. The summed E-state index contributed by atoms with van der Waals surface area (Å²) in [7, 11) is 0. The summed E-state index contributed by atoms with van der Waals surface area (Å²) in [6, 6.07) is 19.1. The number of pyridine rings is 1. The molecule has 0 aliphatic carbocycles. The molecule has 4 rings (SSSR count). The van der Waals surface area contributed by atoms with Crippen LogP contribution in [-0.2, 0) is 6.18 Å². The zero-order chi connectivity index (χ0) is 23.4. The summed E-state index contributed by atoms with van der Waals surface area (Å²) in [5.41, 5.74) is 0.124. The van der Waals surface area contributed by atoms with Crippen LogP contribution >= 0.6 is 0 Å². The number of amides is 2. The molecule has 0 aliphatic heterocycles. The maximum absolute atomic E-state index is 13.9. The van der Waals surface area contributed by atoms with Crippen LogP contribution in [0.25, 0.3) is 21.9 Å². The lowest BCUT2D eigenvalue weighted by molar-refractivity contribution is -0.137. The minimum Gasteiger partial charge on any atom is -0.370 e. The maximum atomic E-state index is 13.9. The first-order valence-electron chi connectivity index (χ1n) is 10.3. The summed E-state index contributed by atoms with van der Waals surface area (Å²) in [5, 5.41) is 9.97. The van der Waals surface area contributed by atoms with Gasteiger partial charge in [-0.15, -0.1) is 0 Å². The number of hydrogen-bond donors (Lipinski definition) is 3. The fourth-order valence-electron chi connectivity index (χ4n) is 3.60. The van der Waals surface area contributed by atoms with Crippen LogP contribution in [0, 0.1) is 0 Å². The van der Waals surface area contributed by atoms with Gasteiger partial charge in [0.1, 0.15) is 5.82 Å². The average molecular weight is 450 g/mol. The third-order valence-electron chi connectivity index (χ3n) is 5.05. The Morgan fingerprint density at radius 1 is 0.939 bits per heavy atom. The monoisotopic (exact) mass is 450 g/mol. The lowest BCUT2D eigenvalue weighted by Gasteiger charge is -2.16. The van der Waals surface area contributed by atoms with Crippen molar-refractivity contribution in [2.24, 2.45) is 0 Å². The number of benzene rings is 3. The van der Waals surface area contributed by atoms with Gasteiger partial charge in [0.25, 0.3) is 0 Å². The van der Waals surface area contributed by atoms with E-state index in [-0.39, 0.29) is 11.3 Å². The summed E-state index contributed by atoms with van der Waals surface area (Å²) >= 11 is 0. The smallest absolute Gasteiger partial charge is 0.370 e. The fourth-order valence-corrected chi connectivity index (χ4v) is 3.60. The number of carbonyl (C=O) groups excluding carboxylic acids is 1. The van der Waals surface area contributed by atoms with Crippen LogP contribution in [0.15, 0.2) is 79.0 Å². The van der Waals surface area contributed by atoms with E-state index in [0.29, 0.717) is 23.6 Å². The van der Waals surface area contributed by atoms with Crippen molar-refractivity contribution in [3.63, 3.8) is 0 Å². The summed E-state index contributed by atoms with van der Waals surface area (Å²) in [6.45, 7) is 2.47. The van der Waals surface area contributed by atoms with Crippen molar-refractivity contribution >= 4 is 34.0 Å². The van der Waals surface area contributed by atoms with Crippen molar-refractivity contribution in [3.05, 3.63) is 84.6 Å². The van der Waals surface area contributed by atoms with Crippen molar-refractivity contribution in [2.45, 2.75) is 13.1 Å². The summed E-state index contributed by atoms with van der Waals surface area (Å²) < 4.78 is 41.6. The first-order valence-corrected chi connectivity index (χ1v) is 10.3. The molecule has 0 unspecified atom stereocenters. The molecule has 0 atom stereocenters. The normalized spacial score (nSPS) is 11.3. The highest BCUT2D eigenvalue weighted by molar-refractivity contribution is 6.06. The van der Waals surface area contributed by atoms with Gasteiger partial charge in [0.2, 0.25) is 0 Å². The van der Waals surface area contributed by atoms with Crippen LogP contribution in [0.4, 0.5) is 35.2 Å². The molecule has 0 radical (unpaired) electrons. The molecule has 3 aromatic carbocycles. The molecule has 33 heavy (non-hydrogen) atoms. The number of rotatable bonds is 5. The predicted molar refractivity (Wildman–Crippen MR) is 125 cm³/mol. The molecule has 1 heterocycles. The minimum atomic E-state index is -4.61. The molecule has 1 aromatic heterocycles. The number of urea groups is 1. The third kappa shape index (κ3) is 5.06. The van der Waals surface area contributed by atoms with E-state index in [1.165, 1.54) is 24.4 Å².